The average molecular weight is 465 g/mol. The van der Waals surface area contributed by atoms with Crippen LogP contribution in [-0.2, 0) is 18.4 Å². The van der Waals surface area contributed by atoms with Gasteiger partial charge in [0.2, 0.25) is 0 Å². The van der Waals surface area contributed by atoms with Gasteiger partial charge in [0, 0.05) is 18.5 Å². The van der Waals surface area contributed by atoms with Crippen LogP contribution in [0, 0.1) is 0 Å². The van der Waals surface area contributed by atoms with Gasteiger partial charge in [-0.1, -0.05) is 74.7 Å². The number of aromatic amines is 1. The maximum atomic E-state index is 12.9. The molecule has 178 valence electrons. The summed E-state index contributed by atoms with van der Waals surface area (Å²) in [5.74, 6) is 0. The van der Waals surface area contributed by atoms with E-state index in [1.807, 2.05) is 30.3 Å². The molecule has 1 aromatic heterocycles. The van der Waals surface area contributed by atoms with Crippen LogP contribution < -0.4 is 15.8 Å². The van der Waals surface area contributed by atoms with Gasteiger partial charge in [0.05, 0.1) is 33.6 Å². The minimum Gasteiger partial charge on any atom is -0.374 e. The third-order valence-electron chi connectivity index (χ3n) is 7.66. The molecule has 5 nitrogen and oxygen atoms in total. The molecule has 0 bridgehead atoms. The van der Waals surface area contributed by atoms with Crippen molar-refractivity contribution in [2.45, 2.75) is 57.9 Å². The minimum absolute atomic E-state index is 0.118. The molecule has 0 aliphatic carbocycles. The van der Waals surface area contributed by atoms with Gasteiger partial charge in [0.15, 0.2) is 0 Å². The normalized spacial score (nSPS) is 18.2. The molecule has 3 aromatic carbocycles. The molecule has 0 saturated carbocycles. The van der Waals surface area contributed by atoms with Gasteiger partial charge < -0.3 is 15.2 Å². The van der Waals surface area contributed by atoms with Gasteiger partial charge in [-0.2, -0.15) is 0 Å². The first-order valence-electron chi connectivity index (χ1n) is 12.8. The van der Waals surface area contributed by atoms with E-state index in [4.69, 9.17) is 4.98 Å². The Morgan fingerprint density at radius 2 is 1.91 bits per heavy atom. The molecule has 0 fully saturated rings. The molecular formula is C30H32N4O. The summed E-state index contributed by atoms with van der Waals surface area (Å²) in [5.41, 5.74) is 9.30. The number of hydrogen-bond acceptors (Lipinski definition) is 4. The SMILES string of the molecule is CCCCCC1(C)Nc2cc3[nH]c(=O)c(Cc4ccccc4)nc3cc2N2CCc3cccc1c32. The number of benzene rings is 3. The van der Waals surface area contributed by atoms with Crippen molar-refractivity contribution < 1.29 is 0 Å². The lowest BCUT2D eigenvalue weighted by atomic mass is 9.84. The lowest BCUT2D eigenvalue weighted by Crippen LogP contribution is -2.31. The van der Waals surface area contributed by atoms with Gasteiger partial charge in [-0.05, 0) is 43.0 Å². The summed E-state index contributed by atoms with van der Waals surface area (Å²) in [5, 5.41) is 3.92. The number of fused-ring (bicyclic) bond motifs is 3. The van der Waals surface area contributed by atoms with Crippen molar-refractivity contribution in [2.75, 3.05) is 16.8 Å². The summed E-state index contributed by atoms with van der Waals surface area (Å²) < 4.78 is 0. The topological polar surface area (TPSA) is 61.0 Å². The molecule has 1 atom stereocenters. The van der Waals surface area contributed by atoms with Crippen LogP contribution in [0.5, 0.6) is 0 Å². The number of rotatable bonds is 6. The van der Waals surface area contributed by atoms with E-state index in [2.05, 4.69) is 59.4 Å². The number of anilines is 3. The third-order valence-corrected chi connectivity index (χ3v) is 7.66. The Morgan fingerprint density at radius 1 is 1.06 bits per heavy atom. The second-order valence-electron chi connectivity index (χ2n) is 10.2. The first kappa shape index (κ1) is 21.9. The zero-order valence-corrected chi connectivity index (χ0v) is 20.5. The van der Waals surface area contributed by atoms with Gasteiger partial charge in [-0.25, -0.2) is 4.98 Å². The van der Waals surface area contributed by atoms with Crippen molar-refractivity contribution in [3.8, 4) is 0 Å². The predicted octanol–water partition coefficient (Wildman–Crippen LogP) is 6.43. The number of nitrogens with one attached hydrogen (secondary N) is 2. The lowest BCUT2D eigenvalue weighted by molar-refractivity contribution is 0.466. The summed E-state index contributed by atoms with van der Waals surface area (Å²) in [7, 11) is 0. The smallest absolute Gasteiger partial charge is 0.270 e. The van der Waals surface area contributed by atoms with E-state index in [0.29, 0.717) is 12.1 Å². The number of para-hydroxylation sites is 1. The molecule has 0 saturated heterocycles. The fraction of sp³-hybridized carbons (Fsp3) is 0.333. The molecule has 35 heavy (non-hydrogen) atoms. The van der Waals surface area contributed by atoms with Gasteiger partial charge in [-0.15, -0.1) is 0 Å². The number of unbranched alkanes of at least 4 members (excludes halogenated alkanes) is 2. The molecule has 5 heteroatoms. The zero-order chi connectivity index (χ0) is 24.0. The first-order valence-corrected chi connectivity index (χ1v) is 12.8. The van der Waals surface area contributed by atoms with Crippen LogP contribution in [0.2, 0.25) is 0 Å². The van der Waals surface area contributed by atoms with Crippen molar-refractivity contribution >= 4 is 28.1 Å². The van der Waals surface area contributed by atoms with Crippen LogP contribution in [0.15, 0.2) is 65.5 Å². The quantitative estimate of drug-likeness (QED) is 0.323. The number of H-pyrrole nitrogens is 1. The second kappa shape index (κ2) is 8.56. The Balaban J connectivity index is 1.49. The summed E-state index contributed by atoms with van der Waals surface area (Å²) in [4.78, 5) is 23.4. The van der Waals surface area contributed by atoms with E-state index in [1.54, 1.807) is 0 Å². The van der Waals surface area contributed by atoms with Gasteiger partial charge in [0.1, 0.15) is 5.69 Å². The molecule has 4 aromatic rings. The fourth-order valence-electron chi connectivity index (χ4n) is 5.83. The fourth-order valence-corrected chi connectivity index (χ4v) is 5.83. The third kappa shape index (κ3) is 3.79. The van der Waals surface area contributed by atoms with Gasteiger partial charge >= 0.3 is 0 Å². The van der Waals surface area contributed by atoms with E-state index >= 15 is 0 Å². The van der Waals surface area contributed by atoms with Crippen molar-refractivity contribution in [3.63, 3.8) is 0 Å². The molecule has 0 spiro atoms. The minimum atomic E-state index is -0.178. The summed E-state index contributed by atoms with van der Waals surface area (Å²) in [6.07, 6.45) is 6.23. The maximum Gasteiger partial charge on any atom is 0.270 e. The highest BCUT2D eigenvalue weighted by molar-refractivity contribution is 5.93. The monoisotopic (exact) mass is 464 g/mol. The van der Waals surface area contributed by atoms with Crippen molar-refractivity contribution in [3.05, 3.63) is 93.4 Å². The van der Waals surface area contributed by atoms with Crippen LogP contribution in [-0.4, -0.2) is 16.5 Å². The molecule has 0 amide bonds. The van der Waals surface area contributed by atoms with Crippen LogP contribution in [0.4, 0.5) is 17.1 Å². The molecule has 2 N–H and O–H groups in total. The standard InChI is InChI=1S/C30H32N4O/c1-3-4-8-15-30(2)22-13-9-12-21-14-16-34(28(21)22)27-19-24-23(18-25(27)33-30)32-29(35)26(31-24)17-20-10-6-5-7-11-20/h5-7,9-13,18-19,33H,3-4,8,14-17H2,1-2H3,(H,32,35). The molecule has 2 aliphatic heterocycles. The van der Waals surface area contributed by atoms with E-state index in [0.717, 1.165) is 47.4 Å². The highest BCUT2D eigenvalue weighted by atomic mass is 16.1. The summed E-state index contributed by atoms with van der Waals surface area (Å²) in [6, 6.07) is 21.1. The molecule has 3 heterocycles. The van der Waals surface area contributed by atoms with Crippen LogP contribution >= 0.6 is 0 Å². The van der Waals surface area contributed by atoms with Crippen LogP contribution in [0.1, 0.15) is 61.9 Å². The molecular weight excluding hydrogens is 432 g/mol. The highest BCUT2D eigenvalue weighted by Crippen LogP contribution is 2.50. The van der Waals surface area contributed by atoms with Gasteiger partial charge in [0.25, 0.3) is 5.56 Å². The van der Waals surface area contributed by atoms with Crippen LogP contribution in [0.3, 0.4) is 0 Å². The second-order valence-corrected chi connectivity index (χ2v) is 10.2. The Labute approximate surface area is 206 Å². The zero-order valence-electron chi connectivity index (χ0n) is 20.5. The maximum absolute atomic E-state index is 12.9. The van der Waals surface area contributed by atoms with Crippen molar-refractivity contribution in [1.82, 2.24) is 9.97 Å². The number of hydrogen-bond donors (Lipinski definition) is 2. The molecule has 1 unspecified atom stereocenters. The van der Waals surface area contributed by atoms with Crippen LogP contribution in [0.25, 0.3) is 11.0 Å². The summed E-state index contributed by atoms with van der Waals surface area (Å²) in [6.45, 7) is 5.54. The van der Waals surface area contributed by atoms with E-state index in [1.165, 1.54) is 36.1 Å². The summed E-state index contributed by atoms with van der Waals surface area (Å²) >= 11 is 0. The molecule has 0 radical (unpaired) electrons. The molecule has 2 aliphatic rings. The molecule has 6 rings (SSSR count). The van der Waals surface area contributed by atoms with E-state index in [-0.39, 0.29) is 11.1 Å². The van der Waals surface area contributed by atoms with E-state index in [9.17, 15) is 4.79 Å². The Bertz CT molecular complexity index is 1460. The number of nitrogens with zero attached hydrogens (tertiary/aromatic N) is 2. The van der Waals surface area contributed by atoms with Gasteiger partial charge in [-0.3, -0.25) is 4.79 Å². The number of aromatic nitrogens is 2. The predicted molar refractivity (Wildman–Crippen MR) is 144 cm³/mol. The lowest BCUT2D eigenvalue weighted by Gasteiger charge is -2.33. The average Bonchev–Trinajstić information content (AvgIpc) is 3.25. The first-order chi connectivity index (χ1) is 17.1. The highest BCUT2D eigenvalue weighted by Gasteiger charge is 2.38. The largest absolute Gasteiger partial charge is 0.374 e. The Hall–Kier alpha value is -3.60. The van der Waals surface area contributed by atoms with E-state index < -0.39 is 0 Å². The van der Waals surface area contributed by atoms with Crippen molar-refractivity contribution in [1.29, 1.82) is 0 Å². The van der Waals surface area contributed by atoms with Crippen molar-refractivity contribution in [2.24, 2.45) is 0 Å². The Kier molecular flexibility index (Phi) is 5.36. The Morgan fingerprint density at radius 3 is 2.74 bits per heavy atom.